The summed E-state index contributed by atoms with van der Waals surface area (Å²) in [6.45, 7) is 4.51. The van der Waals surface area contributed by atoms with Crippen LogP contribution in [-0.2, 0) is 6.54 Å². The van der Waals surface area contributed by atoms with Crippen LogP contribution in [0.2, 0.25) is 0 Å². The second-order valence-electron chi connectivity index (χ2n) is 5.70. The van der Waals surface area contributed by atoms with Gasteiger partial charge in [-0.1, -0.05) is 19.1 Å². The Balaban J connectivity index is 1.62. The number of aromatic nitrogens is 2. The van der Waals surface area contributed by atoms with Gasteiger partial charge in [0.15, 0.2) is 0 Å². The van der Waals surface area contributed by atoms with Crippen molar-refractivity contribution in [2.24, 2.45) is 0 Å². The average Bonchev–Trinajstić information content (AvgIpc) is 2.62. The molecule has 0 bridgehead atoms. The van der Waals surface area contributed by atoms with Crippen molar-refractivity contribution in [3.63, 3.8) is 0 Å². The largest absolute Gasteiger partial charge is 0.492 e. The molecule has 0 spiro atoms. The van der Waals surface area contributed by atoms with Crippen LogP contribution in [0.5, 0.6) is 5.75 Å². The molecule has 1 heterocycles. The molecule has 6 heteroatoms. The zero-order valence-electron chi connectivity index (χ0n) is 14.0. The molecule has 2 aromatic carbocycles. The third-order valence-electron chi connectivity index (χ3n) is 3.97. The van der Waals surface area contributed by atoms with E-state index in [9.17, 15) is 9.18 Å². The minimum absolute atomic E-state index is 0.126. The van der Waals surface area contributed by atoms with E-state index in [2.05, 4.69) is 14.9 Å². The molecule has 25 heavy (non-hydrogen) atoms. The maximum atomic E-state index is 12.9. The average molecular weight is 341 g/mol. The second kappa shape index (κ2) is 7.90. The van der Waals surface area contributed by atoms with Gasteiger partial charge in [0.05, 0.1) is 17.4 Å². The number of nitrogens with zero attached hydrogens (tertiary/aromatic N) is 2. The minimum Gasteiger partial charge on any atom is -0.492 e. The van der Waals surface area contributed by atoms with Gasteiger partial charge in [0.25, 0.3) is 5.56 Å². The van der Waals surface area contributed by atoms with Crippen LogP contribution in [-0.4, -0.2) is 34.6 Å². The highest BCUT2D eigenvalue weighted by Gasteiger charge is 2.08. The van der Waals surface area contributed by atoms with Gasteiger partial charge in [-0.25, -0.2) is 9.37 Å². The molecule has 0 aliphatic carbocycles. The summed E-state index contributed by atoms with van der Waals surface area (Å²) in [7, 11) is 0. The number of rotatable bonds is 7. The highest BCUT2D eigenvalue weighted by Crippen LogP contribution is 2.11. The smallest absolute Gasteiger partial charge is 0.258 e. The van der Waals surface area contributed by atoms with Gasteiger partial charge in [-0.15, -0.1) is 0 Å². The second-order valence-corrected chi connectivity index (χ2v) is 5.70. The van der Waals surface area contributed by atoms with Gasteiger partial charge >= 0.3 is 0 Å². The maximum absolute atomic E-state index is 12.9. The highest BCUT2D eigenvalue weighted by atomic mass is 19.1. The first-order valence-corrected chi connectivity index (χ1v) is 8.24. The number of benzene rings is 2. The number of aromatic amines is 1. The molecule has 0 saturated carbocycles. The summed E-state index contributed by atoms with van der Waals surface area (Å²) in [4.78, 5) is 21.6. The molecule has 5 nitrogen and oxygen atoms in total. The SMILES string of the molecule is CCN(CCOc1ccc(F)cc1)Cc1nc2ccccc2c(=O)[nH]1. The van der Waals surface area contributed by atoms with E-state index in [0.29, 0.717) is 42.2 Å². The molecular weight excluding hydrogens is 321 g/mol. The Morgan fingerprint density at radius 2 is 1.92 bits per heavy atom. The Kier molecular flexibility index (Phi) is 5.40. The quantitative estimate of drug-likeness (QED) is 0.718. The third-order valence-corrected chi connectivity index (χ3v) is 3.97. The van der Waals surface area contributed by atoms with Crippen LogP contribution in [0.25, 0.3) is 10.9 Å². The molecule has 0 aliphatic rings. The first kappa shape index (κ1) is 17.1. The number of fused-ring (bicyclic) bond motifs is 1. The van der Waals surface area contributed by atoms with Crippen LogP contribution in [0.3, 0.4) is 0 Å². The van der Waals surface area contributed by atoms with Gasteiger partial charge in [-0.3, -0.25) is 9.69 Å². The van der Waals surface area contributed by atoms with Crippen molar-refractivity contribution in [3.8, 4) is 5.75 Å². The summed E-state index contributed by atoms with van der Waals surface area (Å²) in [6.07, 6.45) is 0. The number of hydrogen-bond acceptors (Lipinski definition) is 4. The molecule has 3 aromatic rings. The lowest BCUT2D eigenvalue weighted by atomic mass is 10.2. The summed E-state index contributed by atoms with van der Waals surface area (Å²) in [5, 5.41) is 0.592. The Hall–Kier alpha value is -2.73. The topological polar surface area (TPSA) is 58.2 Å². The molecular formula is C19H20FN3O2. The standard InChI is InChI=1S/C19H20FN3O2/c1-2-23(11-12-25-15-9-7-14(20)8-10-15)13-18-21-17-6-4-3-5-16(17)19(24)22-18/h3-10H,2,11-13H2,1H3,(H,21,22,24). The number of halogens is 1. The molecule has 0 aliphatic heterocycles. The van der Waals surface area contributed by atoms with Crippen molar-refractivity contribution in [1.82, 2.24) is 14.9 Å². The van der Waals surface area contributed by atoms with Gasteiger partial charge in [0, 0.05) is 6.54 Å². The van der Waals surface area contributed by atoms with E-state index in [1.807, 2.05) is 25.1 Å². The van der Waals surface area contributed by atoms with Crippen molar-refractivity contribution < 1.29 is 9.13 Å². The fourth-order valence-electron chi connectivity index (χ4n) is 2.59. The maximum Gasteiger partial charge on any atom is 0.258 e. The first-order chi connectivity index (χ1) is 12.2. The van der Waals surface area contributed by atoms with Gasteiger partial charge < -0.3 is 9.72 Å². The molecule has 0 fully saturated rings. The molecule has 130 valence electrons. The van der Waals surface area contributed by atoms with Crippen LogP contribution in [0.4, 0.5) is 4.39 Å². The van der Waals surface area contributed by atoms with Crippen molar-refractivity contribution in [2.45, 2.75) is 13.5 Å². The minimum atomic E-state index is -0.283. The monoisotopic (exact) mass is 341 g/mol. The summed E-state index contributed by atoms with van der Waals surface area (Å²) in [5.41, 5.74) is 0.569. The summed E-state index contributed by atoms with van der Waals surface area (Å²) in [5.74, 6) is 0.982. The molecule has 1 N–H and O–H groups in total. The Morgan fingerprint density at radius 1 is 1.16 bits per heavy atom. The van der Waals surface area contributed by atoms with E-state index in [-0.39, 0.29) is 11.4 Å². The van der Waals surface area contributed by atoms with E-state index in [1.165, 1.54) is 12.1 Å². The number of para-hydroxylation sites is 1. The highest BCUT2D eigenvalue weighted by molar-refractivity contribution is 5.77. The van der Waals surface area contributed by atoms with Crippen molar-refractivity contribution in [2.75, 3.05) is 19.7 Å². The van der Waals surface area contributed by atoms with Gasteiger partial charge in [-0.05, 0) is 42.9 Å². The predicted molar refractivity (Wildman–Crippen MR) is 95.2 cm³/mol. The fourth-order valence-corrected chi connectivity index (χ4v) is 2.59. The van der Waals surface area contributed by atoms with Gasteiger partial charge in [0.2, 0.25) is 0 Å². The zero-order valence-corrected chi connectivity index (χ0v) is 14.0. The summed E-state index contributed by atoms with van der Waals surface area (Å²) in [6, 6.07) is 13.2. The number of nitrogens with one attached hydrogen (secondary N) is 1. The number of ether oxygens (including phenoxy) is 1. The lowest BCUT2D eigenvalue weighted by Gasteiger charge is -2.20. The van der Waals surface area contributed by atoms with E-state index in [0.717, 1.165) is 6.54 Å². The fraction of sp³-hybridized carbons (Fsp3) is 0.263. The number of H-pyrrole nitrogens is 1. The zero-order chi connectivity index (χ0) is 17.6. The molecule has 0 amide bonds. The number of hydrogen-bond donors (Lipinski definition) is 1. The van der Waals surface area contributed by atoms with Crippen LogP contribution in [0, 0.1) is 5.82 Å². The Morgan fingerprint density at radius 3 is 2.68 bits per heavy atom. The van der Waals surface area contributed by atoms with Crippen LogP contribution < -0.4 is 10.3 Å². The van der Waals surface area contributed by atoms with Crippen molar-refractivity contribution in [3.05, 3.63) is 70.5 Å². The van der Waals surface area contributed by atoms with E-state index in [4.69, 9.17) is 4.74 Å². The van der Waals surface area contributed by atoms with E-state index >= 15 is 0 Å². The molecule has 0 atom stereocenters. The molecule has 1 aromatic heterocycles. The van der Waals surface area contributed by atoms with Gasteiger partial charge in [-0.2, -0.15) is 0 Å². The van der Waals surface area contributed by atoms with E-state index in [1.54, 1.807) is 18.2 Å². The molecule has 0 radical (unpaired) electrons. The Labute approximate surface area is 145 Å². The van der Waals surface area contributed by atoms with Crippen molar-refractivity contribution >= 4 is 10.9 Å². The normalized spacial score (nSPS) is 11.2. The number of likely N-dealkylation sites (N-methyl/N-ethyl adjacent to an activating group) is 1. The first-order valence-electron chi connectivity index (χ1n) is 8.24. The summed E-state index contributed by atoms with van der Waals surface area (Å²) < 4.78 is 18.5. The van der Waals surface area contributed by atoms with Crippen LogP contribution in [0.1, 0.15) is 12.7 Å². The van der Waals surface area contributed by atoms with Crippen molar-refractivity contribution in [1.29, 1.82) is 0 Å². The lowest BCUT2D eigenvalue weighted by molar-refractivity contribution is 0.206. The Bertz CT molecular complexity index is 893. The third kappa shape index (κ3) is 4.42. The molecule has 0 unspecified atom stereocenters. The molecule has 0 saturated heterocycles. The molecule has 3 rings (SSSR count). The predicted octanol–water partition coefficient (Wildman–Crippen LogP) is 2.96. The van der Waals surface area contributed by atoms with Gasteiger partial charge in [0.1, 0.15) is 24.0 Å². The van der Waals surface area contributed by atoms with E-state index < -0.39 is 0 Å². The van der Waals surface area contributed by atoms with Crippen LogP contribution >= 0.6 is 0 Å². The van der Waals surface area contributed by atoms with Crippen LogP contribution in [0.15, 0.2) is 53.3 Å². The lowest BCUT2D eigenvalue weighted by Crippen LogP contribution is -2.29. The summed E-state index contributed by atoms with van der Waals surface area (Å²) >= 11 is 0.